The van der Waals surface area contributed by atoms with Gasteiger partial charge < -0.3 is 9.84 Å². The van der Waals surface area contributed by atoms with Crippen LogP contribution in [0.2, 0.25) is 0 Å². The van der Waals surface area contributed by atoms with Crippen LogP contribution in [0.1, 0.15) is 99.8 Å². The summed E-state index contributed by atoms with van der Waals surface area (Å²) in [6.07, 6.45) is 12.2. The van der Waals surface area contributed by atoms with Crippen LogP contribution in [0.5, 0.6) is 0 Å². The molecule has 0 heterocycles. The zero-order valence-electron chi connectivity index (χ0n) is 23.2. The van der Waals surface area contributed by atoms with E-state index in [-0.39, 0.29) is 39.3 Å². The molecule has 194 valence electrons. The molecule has 4 nitrogen and oxygen atoms in total. The SMILES string of the molecule is COC1=C[C@]2(C)[C@H]3CC=C4C5CC(C)(C)CC[C@]5(C(=O)O)CC[C@@]4(C)[C@]3(C)CC[C@H]2C(C)(C)C1=O. The van der Waals surface area contributed by atoms with E-state index < -0.39 is 16.8 Å². The van der Waals surface area contributed by atoms with Crippen molar-refractivity contribution in [1.82, 2.24) is 0 Å². The van der Waals surface area contributed by atoms with Gasteiger partial charge in [-0.25, -0.2) is 0 Å². The predicted molar refractivity (Wildman–Crippen MR) is 138 cm³/mol. The highest BCUT2D eigenvalue weighted by atomic mass is 16.5. The van der Waals surface area contributed by atoms with Crippen molar-refractivity contribution in [2.75, 3.05) is 7.11 Å². The first-order valence-corrected chi connectivity index (χ1v) is 13.8. The topological polar surface area (TPSA) is 63.6 Å². The number of allylic oxidation sites excluding steroid dienone is 4. The third kappa shape index (κ3) is 2.98. The van der Waals surface area contributed by atoms with Gasteiger partial charge in [0.2, 0.25) is 5.78 Å². The lowest BCUT2D eigenvalue weighted by molar-refractivity contribution is -0.176. The van der Waals surface area contributed by atoms with Gasteiger partial charge >= 0.3 is 5.97 Å². The first kappa shape index (κ1) is 25.1. The molecule has 4 heteroatoms. The molecule has 0 aromatic heterocycles. The summed E-state index contributed by atoms with van der Waals surface area (Å²) in [4.78, 5) is 26.1. The molecule has 35 heavy (non-hydrogen) atoms. The van der Waals surface area contributed by atoms with E-state index in [0.29, 0.717) is 11.7 Å². The van der Waals surface area contributed by atoms with E-state index in [0.717, 1.165) is 51.4 Å². The normalized spacial score (nSPS) is 47.8. The smallest absolute Gasteiger partial charge is 0.310 e. The highest BCUT2D eigenvalue weighted by molar-refractivity contribution is 5.99. The van der Waals surface area contributed by atoms with Gasteiger partial charge in [0.25, 0.3) is 0 Å². The number of aliphatic carboxylic acids is 1. The fourth-order valence-corrected chi connectivity index (χ4v) is 10.2. The first-order chi connectivity index (χ1) is 16.1. The molecule has 3 fully saturated rings. The van der Waals surface area contributed by atoms with Crippen molar-refractivity contribution in [1.29, 1.82) is 0 Å². The Balaban J connectivity index is 1.65. The van der Waals surface area contributed by atoms with Crippen LogP contribution in [-0.4, -0.2) is 24.0 Å². The number of carbonyl (C=O) groups excluding carboxylic acids is 1. The number of fused-ring (bicyclic) bond motifs is 7. The molecule has 0 aromatic rings. The monoisotopic (exact) mass is 482 g/mol. The fraction of sp³-hybridized carbons (Fsp3) is 0.806. The number of hydrogen-bond donors (Lipinski definition) is 1. The molecule has 1 N–H and O–H groups in total. The van der Waals surface area contributed by atoms with Crippen molar-refractivity contribution in [3.05, 3.63) is 23.5 Å². The van der Waals surface area contributed by atoms with Crippen molar-refractivity contribution >= 4 is 11.8 Å². The Hall–Kier alpha value is -1.58. The third-order valence-corrected chi connectivity index (χ3v) is 12.6. The molecule has 0 spiro atoms. The zero-order chi connectivity index (χ0) is 25.8. The van der Waals surface area contributed by atoms with E-state index in [2.05, 4.69) is 60.6 Å². The Bertz CT molecular complexity index is 1030. The van der Waals surface area contributed by atoms with Crippen LogP contribution in [0.4, 0.5) is 0 Å². The van der Waals surface area contributed by atoms with Crippen LogP contribution >= 0.6 is 0 Å². The van der Waals surface area contributed by atoms with Crippen molar-refractivity contribution in [3.8, 4) is 0 Å². The first-order valence-electron chi connectivity index (χ1n) is 13.8. The second-order valence-electron chi connectivity index (χ2n) is 14.8. The van der Waals surface area contributed by atoms with Crippen LogP contribution in [0.3, 0.4) is 0 Å². The molecule has 5 rings (SSSR count). The van der Waals surface area contributed by atoms with Gasteiger partial charge in [0.1, 0.15) is 0 Å². The van der Waals surface area contributed by atoms with Crippen LogP contribution < -0.4 is 0 Å². The van der Waals surface area contributed by atoms with Crippen LogP contribution in [0.25, 0.3) is 0 Å². The Kier molecular flexibility index (Phi) is 5.20. The molecule has 0 bridgehead atoms. The summed E-state index contributed by atoms with van der Waals surface area (Å²) in [5.74, 6) is 0.893. The number of ketones is 1. The predicted octanol–water partition coefficient (Wildman–Crippen LogP) is 7.19. The van der Waals surface area contributed by atoms with Gasteiger partial charge in [0, 0.05) is 5.41 Å². The number of carbonyl (C=O) groups is 2. The number of methoxy groups -OCH3 is 1. The third-order valence-electron chi connectivity index (χ3n) is 12.6. The van der Waals surface area contributed by atoms with E-state index in [1.807, 2.05) is 0 Å². The van der Waals surface area contributed by atoms with Gasteiger partial charge in [-0.2, -0.15) is 0 Å². The average molecular weight is 483 g/mol. The standard InChI is InChI=1S/C31H46O4/c1-26(2)13-15-31(25(33)34)16-14-29(6)19(20(31)17-26)9-10-23-28(5)18-21(35-8)24(32)27(3,4)22(28)11-12-30(23,29)7/h9,18,20,22-23H,10-17H2,1-8H3,(H,33,34)/t20?,22-,23+,28-,29+,30+,31-/m0/s1. The minimum absolute atomic E-state index is 0.0202. The second-order valence-corrected chi connectivity index (χ2v) is 14.8. The molecule has 1 unspecified atom stereocenters. The minimum atomic E-state index is -0.604. The Morgan fingerprint density at radius 3 is 2.26 bits per heavy atom. The maximum Gasteiger partial charge on any atom is 0.310 e. The van der Waals surface area contributed by atoms with Crippen molar-refractivity contribution < 1.29 is 19.4 Å². The van der Waals surface area contributed by atoms with Gasteiger partial charge in [-0.1, -0.05) is 60.1 Å². The molecule has 0 aliphatic heterocycles. The molecule has 0 amide bonds. The van der Waals surface area contributed by atoms with Gasteiger partial charge in [-0.05, 0) is 96.9 Å². The van der Waals surface area contributed by atoms with Crippen molar-refractivity contribution in [3.63, 3.8) is 0 Å². The maximum absolute atomic E-state index is 13.3. The summed E-state index contributed by atoms with van der Waals surface area (Å²) in [5.41, 5.74) is 0.477. The Labute approximate surface area is 212 Å². The summed E-state index contributed by atoms with van der Waals surface area (Å²) in [6.45, 7) is 16.2. The molecule has 7 atom stereocenters. The van der Waals surface area contributed by atoms with E-state index >= 15 is 0 Å². The van der Waals surface area contributed by atoms with E-state index in [9.17, 15) is 14.7 Å². The minimum Gasteiger partial charge on any atom is -0.493 e. The number of hydrogen-bond acceptors (Lipinski definition) is 3. The summed E-state index contributed by atoms with van der Waals surface area (Å²) in [6, 6.07) is 0. The van der Waals surface area contributed by atoms with Crippen molar-refractivity contribution in [2.24, 2.45) is 50.2 Å². The molecular weight excluding hydrogens is 436 g/mol. The summed E-state index contributed by atoms with van der Waals surface area (Å²) < 4.78 is 5.66. The van der Waals surface area contributed by atoms with Gasteiger partial charge in [0.15, 0.2) is 5.76 Å². The lowest BCUT2D eigenvalue weighted by atomic mass is 9.34. The summed E-state index contributed by atoms with van der Waals surface area (Å²) in [7, 11) is 1.63. The Morgan fingerprint density at radius 2 is 1.63 bits per heavy atom. The lowest BCUT2D eigenvalue weighted by Gasteiger charge is -2.69. The van der Waals surface area contributed by atoms with Crippen molar-refractivity contribution in [2.45, 2.75) is 99.8 Å². The quantitative estimate of drug-likeness (QED) is 0.423. The molecule has 5 aliphatic rings. The summed E-state index contributed by atoms with van der Waals surface area (Å²) >= 11 is 0. The van der Waals surface area contributed by atoms with Crippen LogP contribution in [-0.2, 0) is 14.3 Å². The number of Topliss-reactive ketones (excluding diaryl/α,β-unsaturated/α-hetero) is 1. The molecule has 3 saturated carbocycles. The summed E-state index contributed by atoms with van der Waals surface area (Å²) in [5, 5.41) is 10.5. The average Bonchev–Trinajstić information content (AvgIpc) is 2.76. The number of carboxylic acids is 1. The highest BCUT2D eigenvalue weighted by Gasteiger charge is 2.69. The lowest BCUT2D eigenvalue weighted by Crippen LogP contribution is -2.64. The molecule has 0 aromatic carbocycles. The van der Waals surface area contributed by atoms with Gasteiger partial charge in [-0.3, -0.25) is 9.59 Å². The molecular formula is C31H46O4. The largest absolute Gasteiger partial charge is 0.493 e. The van der Waals surface area contributed by atoms with Gasteiger partial charge in [0.05, 0.1) is 12.5 Å². The molecule has 0 radical (unpaired) electrons. The van der Waals surface area contributed by atoms with Crippen LogP contribution in [0, 0.1) is 50.2 Å². The van der Waals surface area contributed by atoms with E-state index in [1.165, 1.54) is 5.57 Å². The molecule has 5 aliphatic carbocycles. The number of ether oxygens (including phenoxy) is 1. The maximum atomic E-state index is 13.3. The number of carboxylic acid groups (broad SMARTS) is 1. The second kappa shape index (κ2) is 7.25. The Morgan fingerprint density at radius 1 is 0.971 bits per heavy atom. The highest BCUT2D eigenvalue weighted by Crippen LogP contribution is 2.75. The van der Waals surface area contributed by atoms with Crippen LogP contribution in [0.15, 0.2) is 23.5 Å². The van der Waals surface area contributed by atoms with E-state index in [1.54, 1.807) is 7.11 Å². The van der Waals surface area contributed by atoms with E-state index in [4.69, 9.17) is 4.74 Å². The van der Waals surface area contributed by atoms with Gasteiger partial charge in [-0.15, -0.1) is 0 Å². The fourth-order valence-electron chi connectivity index (χ4n) is 10.2. The molecule has 0 saturated heterocycles. The zero-order valence-corrected chi connectivity index (χ0v) is 23.2. The number of rotatable bonds is 2.